The summed E-state index contributed by atoms with van der Waals surface area (Å²) in [6, 6.07) is 13.6. The number of nitrogens with zero attached hydrogens (tertiary/aromatic N) is 2. The zero-order valence-electron chi connectivity index (χ0n) is 9.13. The van der Waals surface area contributed by atoms with Crippen molar-refractivity contribution >= 4 is 21.6 Å². The van der Waals surface area contributed by atoms with Crippen molar-refractivity contribution in [1.82, 2.24) is 0 Å². The van der Waals surface area contributed by atoms with Gasteiger partial charge in [0.1, 0.15) is 6.07 Å². The lowest BCUT2D eigenvalue weighted by atomic mass is 10.0. The summed E-state index contributed by atoms with van der Waals surface area (Å²) in [6.07, 6.45) is 0. The fourth-order valence-corrected chi connectivity index (χ4v) is 1.99. The number of nitro benzene ring substituents is 1. The van der Waals surface area contributed by atoms with E-state index in [2.05, 4.69) is 15.9 Å². The van der Waals surface area contributed by atoms with E-state index in [9.17, 15) is 10.1 Å². The first-order valence-corrected chi connectivity index (χ1v) is 5.86. The molecular formula is C13H7BrN2O2. The molecular weight excluding hydrogens is 296 g/mol. The van der Waals surface area contributed by atoms with E-state index in [0.29, 0.717) is 21.2 Å². The molecule has 0 aliphatic carbocycles. The number of hydrogen-bond donors (Lipinski definition) is 0. The molecule has 0 unspecified atom stereocenters. The number of rotatable bonds is 2. The molecule has 0 aliphatic heterocycles. The van der Waals surface area contributed by atoms with Crippen LogP contribution >= 0.6 is 15.9 Å². The Bertz CT molecular complexity index is 662. The van der Waals surface area contributed by atoms with Crippen LogP contribution in [0.3, 0.4) is 0 Å². The highest BCUT2D eigenvalue weighted by Crippen LogP contribution is 2.31. The van der Waals surface area contributed by atoms with Gasteiger partial charge in [-0.25, -0.2) is 0 Å². The van der Waals surface area contributed by atoms with Gasteiger partial charge >= 0.3 is 0 Å². The van der Waals surface area contributed by atoms with E-state index < -0.39 is 4.92 Å². The molecule has 0 saturated heterocycles. The molecule has 4 nitrogen and oxygen atoms in total. The van der Waals surface area contributed by atoms with Gasteiger partial charge in [0.25, 0.3) is 5.69 Å². The van der Waals surface area contributed by atoms with E-state index in [1.165, 1.54) is 6.07 Å². The predicted octanol–water partition coefficient (Wildman–Crippen LogP) is 3.90. The van der Waals surface area contributed by atoms with Crippen molar-refractivity contribution in [3.63, 3.8) is 0 Å². The molecule has 5 heteroatoms. The molecule has 0 radical (unpaired) electrons. The van der Waals surface area contributed by atoms with Crippen LogP contribution in [0.1, 0.15) is 5.56 Å². The van der Waals surface area contributed by atoms with Crippen LogP contribution in [0.25, 0.3) is 11.1 Å². The maximum absolute atomic E-state index is 10.9. The summed E-state index contributed by atoms with van der Waals surface area (Å²) in [4.78, 5) is 10.5. The maximum atomic E-state index is 10.9. The zero-order chi connectivity index (χ0) is 13.1. The smallest absolute Gasteiger partial charge is 0.258 e. The van der Waals surface area contributed by atoms with Crippen LogP contribution in [0, 0.1) is 21.4 Å². The van der Waals surface area contributed by atoms with Gasteiger partial charge in [-0.3, -0.25) is 10.1 Å². The SMILES string of the molecule is N#Cc1cc(-c2ccccc2[N+](=O)[O-])ccc1Br. The Morgan fingerprint density at radius 3 is 2.61 bits per heavy atom. The second kappa shape index (κ2) is 4.98. The van der Waals surface area contributed by atoms with E-state index >= 15 is 0 Å². The summed E-state index contributed by atoms with van der Waals surface area (Å²) in [5, 5.41) is 19.9. The lowest BCUT2D eigenvalue weighted by molar-refractivity contribution is -0.384. The van der Waals surface area contributed by atoms with Gasteiger partial charge in [-0.1, -0.05) is 18.2 Å². The fourth-order valence-electron chi connectivity index (χ4n) is 1.66. The van der Waals surface area contributed by atoms with Crippen LogP contribution in [0.4, 0.5) is 5.69 Å². The second-order valence-electron chi connectivity index (χ2n) is 3.58. The minimum absolute atomic E-state index is 0.0312. The molecule has 0 heterocycles. The molecule has 0 atom stereocenters. The van der Waals surface area contributed by atoms with Gasteiger partial charge < -0.3 is 0 Å². The van der Waals surface area contributed by atoms with Crippen molar-refractivity contribution in [2.24, 2.45) is 0 Å². The highest BCUT2D eigenvalue weighted by atomic mass is 79.9. The lowest BCUT2D eigenvalue weighted by Gasteiger charge is -2.04. The van der Waals surface area contributed by atoms with E-state index in [1.807, 2.05) is 6.07 Å². The van der Waals surface area contributed by atoms with Crippen LogP contribution in [0.15, 0.2) is 46.9 Å². The minimum atomic E-state index is -0.427. The van der Waals surface area contributed by atoms with Crippen LogP contribution in [-0.4, -0.2) is 4.92 Å². The Hall–Kier alpha value is -2.19. The van der Waals surface area contributed by atoms with Crippen LogP contribution in [0.5, 0.6) is 0 Å². The van der Waals surface area contributed by atoms with Crippen LogP contribution < -0.4 is 0 Å². The van der Waals surface area contributed by atoms with Gasteiger partial charge in [-0.2, -0.15) is 5.26 Å². The molecule has 0 fully saturated rings. The molecule has 0 saturated carbocycles. The van der Waals surface area contributed by atoms with Gasteiger partial charge in [-0.05, 0) is 39.7 Å². The van der Waals surface area contributed by atoms with E-state index in [4.69, 9.17) is 5.26 Å². The average molecular weight is 303 g/mol. The summed E-state index contributed by atoms with van der Waals surface area (Å²) in [7, 11) is 0. The molecule has 18 heavy (non-hydrogen) atoms. The van der Waals surface area contributed by atoms with Crippen molar-refractivity contribution in [2.75, 3.05) is 0 Å². The van der Waals surface area contributed by atoms with Crippen molar-refractivity contribution in [1.29, 1.82) is 5.26 Å². The molecule has 2 rings (SSSR count). The summed E-state index contributed by atoms with van der Waals surface area (Å²) in [5.74, 6) is 0. The molecule has 2 aromatic carbocycles. The minimum Gasteiger partial charge on any atom is -0.258 e. The van der Waals surface area contributed by atoms with Gasteiger partial charge in [-0.15, -0.1) is 0 Å². The number of para-hydroxylation sites is 1. The molecule has 0 spiro atoms. The number of nitro groups is 1. The Balaban J connectivity index is 2.63. The first-order chi connectivity index (χ1) is 8.63. The molecule has 0 aliphatic rings. The summed E-state index contributed by atoms with van der Waals surface area (Å²) >= 11 is 3.25. The molecule has 0 aromatic heterocycles. The number of hydrogen-bond acceptors (Lipinski definition) is 3. The fraction of sp³-hybridized carbons (Fsp3) is 0. The monoisotopic (exact) mass is 302 g/mol. The number of nitriles is 1. The third kappa shape index (κ3) is 2.24. The number of benzene rings is 2. The third-order valence-corrected chi connectivity index (χ3v) is 3.19. The van der Waals surface area contributed by atoms with E-state index in [-0.39, 0.29) is 5.69 Å². The third-order valence-electron chi connectivity index (χ3n) is 2.50. The van der Waals surface area contributed by atoms with E-state index in [0.717, 1.165) is 0 Å². The Morgan fingerprint density at radius 2 is 1.94 bits per heavy atom. The van der Waals surface area contributed by atoms with Gasteiger partial charge in [0, 0.05) is 10.5 Å². The maximum Gasteiger partial charge on any atom is 0.277 e. The summed E-state index contributed by atoms with van der Waals surface area (Å²) in [5.41, 5.74) is 1.64. The Morgan fingerprint density at radius 1 is 1.22 bits per heavy atom. The molecule has 0 N–H and O–H groups in total. The molecule has 0 amide bonds. The van der Waals surface area contributed by atoms with Crippen molar-refractivity contribution in [3.8, 4) is 17.2 Å². The van der Waals surface area contributed by atoms with Gasteiger partial charge in [0.2, 0.25) is 0 Å². The normalized spacial score (nSPS) is 9.78. The molecule has 0 bridgehead atoms. The largest absolute Gasteiger partial charge is 0.277 e. The predicted molar refractivity (Wildman–Crippen MR) is 70.9 cm³/mol. The van der Waals surface area contributed by atoms with Crippen LogP contribution in [-0.2, 0) is 0 Å². The Labute approximate surface area is 112 Å². The highest BCUT2D eigenvalue weighted by Gasteiger charge is 2.14. The van der Waals surface area contributed by atoms with Crippen molar-refractivity contribution < 1.29 is 4.92 Å². The highest BCUT2D eigenvalue weighted by molar-refractivity contribution is 9.10. The van der Waals surface area contributed by atoms with Crippen LogP contribution in [0.2, 0.25) is 0 Å². The zero-order valence-corrected chi connectivity index (χ0v) is 10.7. The topological polar surface area (TPSA) is 66.9 Å². The van der Waals surface area contributed by atoms with Crippen molar-refractivity contribution in [2.45, 2.75) is 0 Å². The summed E-state index contributed by atoms with van der Waals surface area (Å²) < 4.78 is 0.673. The first-order valence-electron chi connectivity index (χ1n) is 5.07. The van der Waals surface area contributed by atoms with Crippen molar-refractivity contribution in [3.05, 3.63) is 62.6 Å². The summed E-state index contributed by atoms with van der Waals surface area (Å²) in [6.45, 7) is 0. The Kier molecular flexibility index (Phi) is 3.40. The first kappa shape index (κ1) is 12.3. The van der Waals surface area contributed by atoms with Gasteiger partial charge in [0.05, 0.1) is 16.1 Å². The van der Waals surface area contributed by atoms with Gasteiger partial charge in [0.15, 0.2) is 0 Å². The molecule has 88 valence electrons. The lowest BCUT2D eigenvalue weighted by Crippen LogP contribution is -1.92. The molecule has 2 aromatic rings. The average Bonchev–Trinajstić information content (AvgIpc) is 2.39. The standard InChI is InChI=1S/C13H7BrN2O2/c14-12-6-5-9(7-10(12)8-15)11-3-1-2-4-13(11)16(17)18/h1-7H. The van der Waals surface area contributed by atoms with E-state index in [1.54, 1.807) is 36.4 Å². The number of halogens is 1. The quantitative estimate of drug-likeness (QED) is 0.624. The second-order valence-corrected chi connectivity index (χ2v) is 4.44.